The fourth-order valence-corrected chi connectivity index (χ4v) is 4.58. The summed E-state index contributed by atoms with van der Waals surface area (Å²) in [5, 5.41) is 8.48. The second-order valence-corrected chi connectivity index (χ2v) is 9.14. The molecule has 4 rings (SSSR count). The molecular weight excluding hydrogens is 461 g/mol. The Kier molecular flexibility index (Phi) is 7.31. The number of hydrogen-bond donors (Lipinski definition) is 3. The summed E-state index contributed by atoms with van der Waals surface area (Å²) in [6, 6.07) is 6.92. The number of piperidine rings is 1. The van der Waals surface area contributed by atoms with E-state index in [2.05, 4.69) is 20.9 Å². The van der Waals surface area contributed by atoms with Crippen LogP contribution in [0.5, 0.6) is 0 Å². The number of nitrogens with one attached hydrogen (secondary N) is 3. The number of urea groups is 1. The van der Waals surface area contributed by atoms with Crippen LogP contribution < -0.4 is 20.9 Å². The van der Waals surface area contributed by atoms with Crippen molar-refractivity contribution < 1.29 is 18.8 Å². The molecule has 1 aromatic carbocycles. The number of carbonyl (C=O) groups is 3. The van der Waals surface area contributed by atoms with Crippen LogP contribution in [0, 0.1) is 5.82 Å². The van der Waals surface area contributed by atoms with Crippen LogP contribution in [0.4, 0.5) is 26.4 Å². The molecule has 1 saturated carbocycles. The van der Waals surface area contributed by atoms with Crippen LogP contribution in [0.3, 0.4) is 0 Å². The maximum absolute atomic E-state index is 14.9. The van der Waals surface area contributed by atoms with Gasteiger partial charge in [-0.1, -0.05) is 30.9 Å². The Morgan fingerprint density at radius 2 is 1.82 bits per heavy atom. The number of pyridine rings is 1. The average Bonchev–Trinajstić information content (AvgIpc) is 2.82. The molecule has 8 nitrogen and oxygen atoms in total. The van der Waals surface area contributed by atoms with Crippen molar-refractivity contribution in [1.82, 2.24) is 10.3 Å². The molecule has 2 aliphatic rings. The highest BCUT2D eigenvalue weighted by molar-refractivity contribution is 6.30. The molecule has 0 spiro atoms. The summed E-state index contributed by atoms with van der Waals surface area (Å²) < 4.78 is 14.9. The van der Waals surface area contributed by atoms with Gasteiger partial charge in [0.15, 0.2) is 0 Å². The van der Waals surface area contributed by atoms with E-state index in [0.717, 1.165) is 32.1 Å². The van der Waals surface area contributed by atoms with Crippen LogP contribution in [0.1, 0.15) is 51.4 Å². The molecule has 0 atom stereocenters. The SMILES string of the molecule is O=C(Nc1ccc(Cl)cn1)NC1(C(=O)Nc2ccc(N3CCCCC3=O)cc2F)CCCCC1. The van der Waals surface area contributed by atoms with Crippen LogP contribution in [0.2, 0.25) is 5.02 Å². The van der Waals surface area contributed by atoms with Crippen LogP contribution in [-0.4, -0.2) is 34.9 Å². The smallest absolute Gasteiger partial charge is 0.321 e. The maximum atomic E-state index is 14.9. The van der Waals surface area contributed by atoms with Gasteiger partial charge in [-0.05, 0) is 56.0 Å². The first-order valence-corrected chi connectivity index (χ1v) is 11.9. The van der Waals surface area contributed by atoms with Crippen molar-refractivity contribution >= 4 is 46.6 Å². The molecule has 1 saturated heterocycles. The van der Waals surface area contributed by atoms with Gasteiger partial charge in [0.25, 0.3) is 0 Å². The van der Waals surface area contributed by atoms with Crippen molar-refractivity contribution in [3.8, 4) is 0 Å². The zero-order chi connectivity index (χ0) is 24.1. The van der Waals surface area contributed by atoms with E-state index >= 15 is 0 Å². The van der Waals surface area contributed by atoms with Gasteiger partial charge in [0, 0.05) is 24.8 Å². The lowest BCUT2D eigenvalue weighted by Crippen LogP contribution is -2.58. The quantitative estimate of drug-likeness (QED) is 0.560. The second-order valence-electron chi connectivity index (χ2n) is 8.70. The minimum absolute atomic E-state index is 0.00438. The van der Waals surface area contributed by atoms with Crippen LogP contribution >= 0.6 is 11.6 Å². The third-order valence-corrected chi connectivity index (χ3v) is 6.52. The van der Waals surface area contributed by atoms with Crippen molar-refractivity contribution in [2.45, 2.75) is 56.9 Å². The third kappa shape index (κ3) is 5.47. The lowest BCUT2D eigenvalue weighted by Gasteiger charge is -2.36. The number of carbonyl (C=O) groups excluding carboxylic acids is 3. The molecule has 2 aromatic rings. The Bertz CT molecular complexity index is 1070. The predicted octanol–water partition coefficient (Wildman–Crippen LogP) is 4.85. The van der Waals surface area contributed by atoms with E-state index in [-0.39, 0.29) is 11.6 Å². The topological polar surface area (TPSA) is 103 Å². The normalized spacial score (nSPS) is 17.7. The average molecular weight is 488 g/mol. The number of amides is 4. The molecule has 3 N–H and O–H groups in total. The predicted molar refractivity (Wildman–Crippen MR) is 128 cm³/mol. The minimum atomic E-state index is -1.18. The van der Waals surface area contributed by atoms with Crippen molar-refractivity contribution in [2.24, 2.45) is 0 Å². The van der Waals surface area contributed by atoms with E-state index in [4.69, 9.17) is 11.6 Å². The summed E-state index contributed by atoms with van der Waals surface area (Å²) in [5.41, 5.74) is -0.701. The van der Waals surface area contributed by atoms with E-state index in [1.54, 1.807) is 23.1 Å². The lowest BCUT2D eigenvalue weighted by atomic mass is 9.81. The monoisotopic (exact) mass is 487 g/mol. The van der Waals surface area contributed by atoms with Gasteiger partial charge in [0.2, 0.25) is 11.8 Å². The number of aromatic nitrogens is 1. The molecule has 4 amide bonds. The zero-order valence-corrected chi connectivity index (χ0v) is 19.5. The largest absolute Gasteiger partial charge is 0.323 e. The van der Waals surface area contributed by atoms with Gasteiger partial charge in [-0.2, -0.15) is 0 Å². The first-order chi connectivity index (χ1) is 16.4. The van der Waals surface area contributed by atoms with Gasteiger partial charge in [-0.3, -0.25) is 14.9 Å². The summed E-state index contributed by atoms with van der Waals surface area (Å²) in [4.78, 5) is 43.7. The number of rotatable bonds is 5. The van der Waals surface area contributed by atoms with E-state index in [1.807, 2.05) is 0 Å². The molecule has 1 aromatic heterocycles. The Balaban J connectivity index is 1.47. The van der Waals surface area contributed by atoms with Crippen LogP contribution in [0.25, 0.3) is 0 Å². The van der Waals surface area contributed by atoms with Gasteiger partial charge in [0.05, 0.1) is 10.7 Å². The third-order valence-electron chi connectivity index (χ3n) is 6.30. The zero-order valence-electron chi connectivity index (χ0n) is 18.7. The van der Waals surface area contributed by atoms with Crippen LogP contribution in [-0.2, 0) is 9.59 Å². The molecule has 0 radical (unpaired) electrons. The molecule has 1 aliphatic carbocycles. The van der Waals surface area contributed by atoms with Gasteiger partial charge < -0.3 is 15.5 Å². The summed E-state index contributed by atoms with van der Waals surface area (Å²) in [5.74, 6) is -0.853. The molecular formula is C24H27ClFN5O3. The highest BCUT2D eigenvalue weighted by Gasteiger charge is 2.41. The summed E-state index contributed by atoms with van der Waals surface area (Å²) in [6.45, 7) is 0.550. The summed E-state index contributed by atoms with van der Waals surface area (Å²) in [7, 11) is 0. The first kappa shape index (κ1) is 23.9. The standard InChI is InChI=1S/C24H27ClFN5O3/c25-16-7-10-20(27-15-16)29-23(34)30-24(11-3-1-4-12-24)22(33)28-19-9-8-17(14-18(19)26)31-13-5-2-6-21(31)32/h7-10,14-15H,1-6,11-13H2,(H,28,33)(H2,27,29,30,34). The molecule has 0 unspecified atom stereocenters. The number of benzene rings is 1. The minimum Gasteiger partial charge on any atom is -0.323 e. The van der Waals surface area contributed by atoms with Crippen molar-refractivity contribution in [3.63, 3.8) is 0 Å². The van der Waals surface area contributed by atoms with Gasteiger partial charge in [0.1, 0.15) is 17.2 Å². The van der Waals surface area contributed by atoms with Crippen molar-refractivity contribution in [2.75, 3.05) is 22.1 Å². The van der Waals surface area contributed by atoms with E-state index in [0.29, 0.717) is 42.3 Å². The Morgan fingerprint density at radius 1 is 1.03 bits per heavy atom. The number of hydrogen-bond acceptors (Lipinski definition) is 4. The van der Waals surface area contributed by atoms with Gasteiger partial charge in [-0.25, -0.2) is 14.2 Å². The van der Waals surface area contributed by atoms with Gasteiger partial charge in [-0.15, -0.1) is 0 Å². The number of nitrogens with zero attached hydrogens (tertiary/aromatic N) is 2. The second kappa shape index (κ2) is 10.4. The van der Waals surface area contributed by atoms with E-state index < -0.39 is 23.3 Å². The molecule has 10 heteroatoms. The highest BCUT2D eigenvalue weighted by atomic mass is 35.5. The number of halogens is 2. The maximum Gasteiger partial charge on any atom is 0.321 e. The molecule has 0 bridgehead atoms. The fourth-order valence-electron chi connectivity index (χ4n) is 4.47. The molecule has 2 heterocycles. The van der Waals surface area contributed by atoms with Gasteiger partial charge >= 0.3 is 6.03 Å². The Labute approximate surface area is 202 Å². The number of anilines is 3. The Hall–Kier alpha value is -3.20. The molecule has 180 valence electrons. The summed E-state index contributed by atoms with van der Waals surface area (Å²) >= 11 is 5.82. The highest BCUT2D eigenvalue weighted by Crippen LogP contribution is 2.31. The molecule has 34 heavy (non-hydrogen) atoms. The molecule has 1 aliphatic heterocycles. The Morgan fingerprint density at radius 3 is 2.50 bits per heavy atom. The van der Waals surface area contributed by atoms with E-state index in [1.165, 1.54) is 18.3 Å². The summed E-state index contributed by atoms with van der Waals surface area (Å²) in [6.07, 6.45) is 6.88. The first-order valence-electron chi connectivity index (χ1n) is 11.5. The van der Waals surface area contributed by atoms with Crippen molar-refractivity contribution in [3.05, 3.63) is 47.4 Å². The van der Waals surface area contributed by atoms with Crippen LogP contribution in [0.15, 0.2) is 36.5 Å². The van der Waals surface area contributed by atoms with E-state index in [9.17, 15) is 18.8 Å². The van der Waals surface area contributed by atoms with Crippen molar-refractivity contribution in [1.29, 1.82) is 0 Å². The molecule has 2 fully saturated rings. The lowest BCUT2D eigenvalue weighted by molar-refractivity contribution is -0.123. The fraction of sp³-hybridized carbons (Fsp3) is 0.417.